The normalized spacial score (nSPS) is 11.2. The third-order valence-corrected chi connectivity index (χ3v) is 7.29. The van der Waals surface area contributed by atoms with Gasteiger partial charge in [-0.05, 0) is 86.1 Å². The first-order chi connectivity index (χ1) is 20.3. The molecule has 3 aromatic carbocycles. The molecule has 0 atom stereocenters. The van der Waals surface area contributed by atoms with Crippen LogP contribution in [0.25, 0.3) is 5.69 Å². The number of hydrogen-bond acceptors (Lipinski definition) is 5. The van der Waals surface area contributed by atoms with Crippen molar-refractivity contribution in [1.82, 2.24) is 9.99 Å². The van der Waals surface area contributed by atoms with Crippen LogP contribution in [-0.4, -0.2) is 16.7 Å². The molecule has 0 aliphatic carbocycles. The summed E-state index contributed by atoms with van der Waals surface area (Å²) in [5.41, 5.74) is 7.18. The lowest BCUT2D eigenvalue weighted by Crippen LogP contribution is -2.16. The van der Waals surface area contributed by atoms with Crippen molar-refractivity contribution in [2.24, 2.45) is 5.10 Å². The number of hydrogen-bond donors (Lipinski definition) is 1. The molecule has 0 saturated carbocycles. The van der Waals surface area contributed by atoms with Crippen LogP contribution in [0.1, 0.15) is 38.8 Å². The fourth-order valence-corrected chi connectivity index (χ4v) is 5.08. The Morgan fingerprint density at radius 1 is 0.857 bits per heavy atom. The summed E-state index contributed by atoms with van der Waals surface area (Å²) >= 11 is 18.9. The van der Waals surface area contributed by atoms with Crippen molar-refractivity contribution >= 4 is 46.9 Å². The summed E-state index contributed by atoms with van der Waals surface area (Å²) in [4.78, 5) is 12.5. The van der Waals surface area contributed by atoms with Crippen molar-refractivity contribution in [3.8, 4) is 17.2 Å². The molecule has 0 spiro atoms. The van der Waals surface area contributed by atoms with E-state index in [-0.39, 0.29) is 19.0 Å². The summed E-state index contributed by atoms with van der Waals surface area (Å²) in [6.07, 6.45) is 1.42. The van der Waals surface area contributed by atoms with Crippen molar-refractivity contribution < 1.29 is 18.7 Å². The summed E-state index contributed by atoms with van der Waals surface area (Å²) in [5.74, 6) is 1.09. The van der Waals surface area contributed by atoms with E-state index in [2.05, 4.69) is 41.1 Å². The van der Waals surface area contributed by atoms with Crippen LogP contribution < -0.4 is 14.9 Å². The summed E-state index contributed by atoms with van der Waals surface area (Å²) in [7, 11) is 0. The second-order valence-corrected chi connectivity index (χ2v) is 10.6. The van der Waals surface area contributed by atoms with Crippen molar-refractivity contribution in [3.63, 3.8) is 0 Å². The number of nitrogens with one attached hydrogen (secondary N) is 1. The molecule has 42 heavy (non-hydrogen) atoms. The zero-order chi connectivity index (χ0) is 29.6. The zero-order valence-electron chi connectivity index (χ0n) is 22.7. The number of carbonyl (C=O) groups is 1. The highest BCUT2D eigenvalue weighted by Gasteiger charge is 2.13. The smallest absolute Gasteiger partial charge is 0.307 e. The Labute approximate surface area is 258 Å². The van der Waals surface area contributed by atoms with E-state index in [0.717, 1.165) is 22.6 Å². The molecular weight excluding hydrogens is 597 g/mol. The first-order valence-electron chi connectivity index (χ1n) is 12.9. The maximum Gasteiger partial charge on any atom is 0.307 e. The van der Waals surface area contributed by atoms with Gasteiger partial charge in [0.15, 0.2) is 11.5 Å². The average Bonchev–Trinajstić information content (AvgIpc) is 3.58. The number of benzene rings is 3. The van der Waals surface area contributed by atoms with E-state index in [1.54, 1.807) is 30.3 Å². The van der Waals surface area contributed by atoms with Gasteiger partial charge in [0.1, 0.15) is 24.7 Å². The Kier molecular flexibility index (Phi) is 9.22. The summed E-state index contributed by atoms with van der Waals surface area (Å²) in [5, 5.41) is 5.16. The standard InChI is InChI=1S/C32H26Cl3N3O4/c1-20-7-8-21(2)38(20)24-9-11-25(12-10-24)40-19-26-13-14-30(42-26)32(39)37-36-17-22-15-28(34)31(29(35)16-22)41-18-23-5-3-4-6-27(23)33/h3-17H,18-19H2,1-2H3,(H,37,39)/b36-17+. The van der Waals surface area contributed by atoms with Gasteiger partial charge < -0.3 is 18.5 Å². The van der Waals surface area contributed by atoms with Crippen molar-refractivity contribution in [3.05, 3.63) is 134 Å². The molecule has 7 nitrogen and oxygen atoms in total. The molecule has 0 bridgehead atoms. The maximum atomic E-state index is 12.5. The number of ether oxygens (including phenoxy) is 2. The van der Waals surface area contributed by atoms with E-state index >= 15 is 0 Å². The Bertz CT molecular complexity index is 1700. The number of aryl methyl sites for hydroxylation is 2. The number of carbonyl (C=O) groups excluding carboxylic acids is 1. The monoisotopic (exact) mass is 621 g/mol. The minimum atomic E-state index is -0.517. The Morgan fingerprint density at radius 3 is 2.24 bits per heavy atom. The topological polar surface area (TPSA) is 78.0 Å². The molecule has 5 aromatic rings. The third-order valence-electron chi connectivity index (χ3n) is 6.36. The number of rotatable bonds is 10. The van der Waals surface area contributed by atoms with Crippen LogP contribution in [0.15, 0.2) is 94.4 Å². The maximum absolute atomic E-state index is 12.5. The van der Waals surface area contributed by atoms with Gasteiger partial charge in [0.05, 0.1) is 16.3 Å². The van der Waals surface area contributed by atoms with Crippen LogP contribution in [0.3, 0.4) is 0 Å². The summed E-state index contributed by atoms with van der Waals surface area (Å²) < 4.78 is 19.4. The number of nitrogens with zero attached hydrogens (tertiary/aromatic N) is 2. The first kappa shape index (κ1) is 29.3. The van der Waals surface area contributed by atoms with Gasteiger partial charge in [-0.15, -0.1) is 0 Å². The predicted molar refractivity (Wildman–Crippen MR) is 166 cm³/mol. The van der Waals surface area contributed by atoms with Gasteiger partial charge >= 0.3 is 5.91 Å². The highest BCUT2D eigenvalue weighted by molar-refractivity contribution is 6.37. The van der Waals surface area contributed by atoms with Crippen LogP contribution in [0.5, 0.6) is 11.5 Å². The Hall–Kier alpha value is -4.17. The van der Waals surface area contributed by atoms with E-state index in [1.807, 2.05) is 42.5 Å². The molecule has 10 heteroatoms. The molecule has 0 saturated heterocycles. The molecule has 5 rings (SSSR count). The summed E-state index contributed by atoms with van der Waals surface area (Å²) in [6, 6.07) is 25.8. The highest BCUT2D eigenvalue weighted by atomic mass is 35.5. The molecule has 0 radical (unpaired) electrons. The quantitative estimate of drug-likeness (QED) is 0.125. The lowest BCUT2D eigenvalue weighted by Gasteiger charge is -2.11. The predicted octanol–water partition coefficient (Wildman–Crippen LogP) is 8.57. The van der Waals surface area contributed by atoms with Crippen molar-refractivity contribution in [2.75, 3.05) is 0 Å². The van der Waals surface area contributed by atoms with E-state index < -0.39 is 5.91 Å². The van der Waals surface area contributed by atoms with E-state index in [1.165, 1.54) is 6.21 Å². The molecule has 2 heterocycles. The van der Waals surface area contributed by atoms with Crippen LogP contribution in [0.2, 0.25) is 15.1 Å². The van der Waals surface area contributed by atoms with E-state index in [4.69, 9.17) is 48.7 Å². The molecule has 0 aliphatic rings. The van der Waals surface area contributed by atoms with Gasteiger partial charge in [-0.2, -0.15) is 5.10 Å². The molecule has 0 unspecified atom stereocenters. The van der Waals surface area contributed by atoms with Gasteiger partial charge in [0.25, 0.3) is 0 Å². The van der Waals surface area contributed by atoms with Crippen LogP contribution in [-0.2, 0) is 13.2 Å². The Balaban J connectivity index is 1.13. The van der Waals surface area contributed by atoms with Crippen molar-refractivity contribution in [2.45, 2.75) is 27.1 Å². The second kappa shape index (κ2) is 13.2. The van der Waals surface area contributed by atoms with Gasteiger partial charge in [0, 0.05) is 27.7 Å². The second-order valence-electron chi connectivity index (χ2n) is 9.39. The zero-order valence-corrected chi connectivity index (χ0v) is 25.0. The van der Waals surface area contributed by atoms with Gasteiger partial charge in [0.2, 0.25) is 0 Å². The fraction of sp³-hybridized carbons (Fsp3) is 0.125. The number of aromatic nitrogens is 1. The fourth-order valence-electron chi connectivity index (χ4n) is 4.28. The minimum absolute atomic E-state index is 0.0963. The van der Waals surface area contributed by atoms with Gasteiger partial charge in [-0.3, -0.25) is 4.79 Å². The van der Waals surface area contributed by atoms with Crippen LogP contribution in [0, 0.1) is 13.8 Å². The van der Waals surface area contributed by atoms with Gasteiger partial charge in [-0.1, -0.05) is 53.0 Å². The van der Waals surface area contributed by atoms with Crippen LogP contribution in [0.4, 0.5) is 0 Å². The highest BCUT2D eigenvalue weighted by Crippen LogP contribution is 2.35. The van der Waals surface area contributed by atoms with Crippen LogP contribution >= 0.6 is 34.8 Å². The molecule has 214 valence electrons. The minimum Gasteiger partial charge on any atom is -0.486 e. The number of halogens is 3. The molecule has 1 N–H and O–H groups in total. The number of hydrazone groups is 1. The Morgan fingerprint density at radius 2 is 1.55 bits per heavy atom. The van der Waals surface area contributed by atoms with Gasteiger partial charge in [-0.25, -0.2) is 5.43 Å². The molecule has 0 fully saturated rings. The molecule has 0 aliphatic heterocycles. The average molecular weight is 623 g/mol. The largest absolute Gasteiger partial charge is 0.486 e. The number of amides is 1. The number of furan rings is 1. The lowest BCUT2D eigenvalue weighted by molar-refractivity contribution is 0.0923. The summed E-state index contributed by atoms with van der Waals surface area (Å²) in [6.45, 7) is 4.51. The lowest BCUT2D eigenvalue weighted by atomic mass is 10.2. The van der Waals surface area contributed by atoms with E-state index in [0.29, 0.717) is 37.9 Å². The first-order valence-corrected chi connectivity index (χ1v) is 14.1. The molecule has 1 amide bonds. The van der Waals surface area contributed by atoms with E-state index in [9.17, 15) is 4.79 Å². The third kappa shape index (κ3) is 6.99. The van der Waals surface area contributed by atoms with Crippen molar-refractivity contribution in [1.29, 1.82) is 0 Å². The SMILES string of the molecule is Cc1ccc(C)n1-c1ccc(OCc2ccc(C(=O)N/N=C/c3cc(Cl)c(OCc4ccccc4Cl)c(Cl)c3)o2)cc1. The molecular formula is C32H26Cl3N3O4. The molecule has 2 aromatic heterocycles.